The lowest BCUT2D eigenvalue weighted by Crippen LogP contribution is -2.39. The molecule has 2 aromatic heterocycles. The van der Waals surface area contributed by atoms with Crippen LogP contribution < -0.4 is 17.0 Å². The predicted molar refractivity (Wildman–Crippen MR) is 72.2 cm³/mol. The summed E-state index contributed by atoms with van der Waals surface area (Å²) in [5.74, 6) is -1.11. The molecule has 2 aromatic rings. The molecule has 0 aliphatic heterocycles. The Hall–Kier alpha value is -1.93. The second-order valence-corrected chi connectivity index (χ2v) is 5.28. The summed E-state index contributed by atoms with van der Waals surface area (Å²) in [7, 11) is 0. The third-order valence-electron chi connectivity index (χ3n) is 2.99. The van der Waals surface area contributed by atoms with E-state index in [4.69, 9.17) is 10.8 Å². The number of aromatic amines is 1. The van der Waals surface area contributed by atoms with Crippen LogP contribution in [0.4, 0.5) is 0 Å². The van der Waals surface area contributed by atoms with E-state index in [2.05, 4.69) is 4.98 Å². The van der Waals surface area contributed by atoms with Crippen LogP contribution in [0.15, 0.2) is 9.59 Å². The maximum Gasteiger partial charge on any atom is 0.346 e. The molecule has 0 saturated carbocycles. The molecule has 2 rings (SSSR count). The first-order chi connectivity index (χ1) is 8.88. The van der Waals surface area contributed by atoms with E-state index in [0.29, 0.717) is 5.56 Å². The average molecular weight is 283 g/mol. The third kappa shape index (κ3) is 1.98. The summed E-state index contributed by atoms with van der Waals surface area (Å²) < 4.78 is 1.02. The van der Waals surface area contributed by atoms with E-state index in [-0.39, 0.29) is 21.6 Å². The molecule has 0 saturated heterocycles. The second kappa shape index (κ2) is 4.63. The van der Waals surface area contributed by atoms with E-state index in [9.17, 15) is 14.4 Å². The Balaban J connectivity index is 2.92. The molecule has 0 aliphatic carbocycles. The molecule has 2 heterocycles. The highest BCUT2D eigenvalue weighted by Gasteiger charge is 2.20. The van der Waals surface area contributed by atoms with Crippen LogP contribution >= 0.6 is 11.3 Å². The fourth-order valence-electron chi connectivity index (χ4n) is 1.94. The lowest BCUT2D eigenvalue weighted by molar-refractivity contribution is 0.0701. The van der Waals surface area contributed by atoms with Crippen molar-refractivity contribution in [3.8, 4) is 0 Å². The van der Waals surface area contributed by atoms with Crippen LogP contribution in [0.2, 0.25) is 0 Å². The summed E-state index contributed by atoms with van der Waals surface area (Å²) >= 11 is 0.889. The van der Waals surface area contributed by atoms with Crippen LogP contribution in [0.1, 0.15) is 28.2 Å². The number of thiophene rings is 1. The fourth-order valence-corrected chi connectivity index (χ4v) is 2.97. The number of hydrogen-bond donors (Lipinski definition) is 3. The van der Waals surface area contributed by atoms with Crippen molar-refractivity contribution in [2.24, 2.45) is 5.73 Å². The normalized spacial score (nSPS) is 12.8. The molecule has 1 unspecified atom stereocenters. The zero-order chi connectivity index (χ0) is 14.3. The maximum atomic E-state index is 12.3. The van der Waals surface area contributed by atoms with Gasteiger partial charge in [-0.05, 0) is 19.4 Å². The van der Waals surface area contributed by atoms with Crippen molar-refractivity contribution in [3.05, 3.63) is 31.3 Å². The van der Waals surface area contributed by atoms with Gasteiger partial charge in [-0.15, -0.1) is 11.3 Å². The van der Waals surface area contributed by atoms with Crippen molar-refractivity contribution in [2.75, 3.05) is 6.54 Å². The minimum Gasteiger partial charge on any atom is -0.477 e. The molecule has 4 N–H and O–H groups in total. The maximum absolute atomic E-state index is 12.3. The van der Waals surface area contributed by atoms with Gasteiger partial charge in [0.25, 0.3) is 5.56 Å². The second-order valence-electron chi connectivity index (χ2n) is 4.26. The molecule has 0 spiro atoms. The monoisotopic (exact) mass is 283 g/mol. The Labute approximate surface area is 111 Å². The number of carboxylic acid groups (broad SMARTS) is 1. The Morgan fingerprint density at radius 3 is 2.68 bits per heavy atom. The summed E-state index contributed by atoms with van der Waals surface area (Å²) in [4.78, 5) is 38.1. The zero-order valence-electron chi connectivity index (χ0n) is 10.4. The Morgan fingerprint density at radius 1 is 1.53 bits per heavy atom. The molecule has 0 aromatic carbocycles. The van der Waals surface area contributed by atoms with Gasteiger partial charge in [-0.3, -0.25) is 14.3 Å². The van der Waals surface area contributed by atoms with E-state index in [1.54, 1.807) is 13.8 Å². The molecule has 1 atom stereocenters. The number of hydrogen-bond acceptors (Lipinski definition) is 5. The van der Waals surface area contributed by atoms with Gasteiger partial charge in [-0.1, -0.05) is 0 Å². The standard InChI is InChI=1S/C11H13N3O4S/c1-4(3-12)14-9(15)6-5(2)7(10(16)17)19-8(6)13-11(14)18/h4H,3,12H2,1-2H3,(H,13,18)(H,16,17). The van der Waals surface area contributed by atoms with Gasteiger partial charge in [-0.2, -0.15) is 0 Å². The van der Waals surface area contributed by atoms with Gasteiger partial charge in [0.15, 0.2) is 0 Å². The van der Waals surface area contributed by atoms with E-state index in [1.165, 1.54) is 0 Å². The van der Waals surface area contributed by atoms with E-state index < -0.39 is 23.3 Å². The summed E-state index contributed by atoms with van der Waals surface area (Å²) in [6.07, 6.45) is 0. The number of H-pyrrole nitrogens is 1. The lowest BCUT2D eigenvalue weighted by atomic mass is 10.2. The summed E-state index contributed by atoms with van der Waals surface area (Å²) in [6, 6.07) is -0.451. The smallest absolute Gasteiger partial charge is 0.346 e. The van der Waals surface area contributed by atoms with E-state index in [0.717, 1.165) is 15.9 Å². The summed E-state index contributed by atoms with van der Waals surface area (Å²) in [5.41, 5.74) is 4.76. The quantitative estimate of drug-likeness (QED) is 0.747. The molecule has 0 aliphatic rings. The Morgan fingerprint density at radius 2 is 2.16 bits per heavy atom. The highest BCUT2D eigenvalue weighted by Crippen LogP contribution is 2.26. The first-order valence-electron chi connectivity index (χ1n) is 5.59. The average Bonchev–Trinajstić information content (AvgIpc) is 2.66. The Bertz CT molecular complexity index is 771. The molecular weight excluding hydrogens is 270 g/mol. The van der Waals surface area contributed by atoms with Gasteiger partial charge >= 0.3 is 11.7 Å². The van der Waals surface area contributed by atoms with Crippen LogP contribution in [-0.4, -0.2) is 27.2 Å². The number of nitrogens with zero attached hydrogens (tertiary/aromatic N) is 1. The zero-order valence-corrected chi connectivity index (χ0v) is 11.2. The lowest BCUT2D eigenvalue weighted by Gasteiger charge is -2.11. The van der Waals surface area contributed by atoms with Crippen molar-refractivity contribution >= 4 is 27.5 Å². The van der Waals surface area contributed by atoms with Crippen LogP contribution in [0.25, 0.3) is 10.2 Å². The van der Waals surface area contributed by atoms with Crippen LogP contribution in [0, 0.1) is 6.92 Å². The molecular formula is C11H13N3O4S. The SMILES string of the molecule is Cc1c(C(=O)O)sc2[nH]c(=O)n(C(C)CN)c(=O)c12. The molecule has 0 amide bonds. The first-order valence-corrected chi connectivity index (χ1v) is 6.41. The number of carboxylic acids is 1. The Kier molecular flexibility index (Phi) is 3.29. The number of fused-ring (bicyclic) bond motifs is 1. The molecule has 7 nitrogen and oxygen atoms in total. The molecule has 19 heavy (non-hydrogen) atoms. The fraction of sp³-hybridized carbons (Fsp3) is 0.364. The van der Waals surface area contributed by atoms with Crippen molar-refractivity contribution in [2.45, 2.75) is 19.9 Å². The minimum absolute atomic E-state index is 0.0564. The van der Waals surface area contributed by atoms with Gasteiger partial charge in [0.05, 0.1) is 11.4 Å². The molecule has 0 fully saturated rings. The van der Waals surface area contributed by atoms with Crippen molar-refractivity contribution in [1.82, 2.24) is 9.55 Å². The number of rotatable bonds is 3. The summed E-state index contributed by atoms with van der Waals surface area (Å²) in [6.45, 7) is 3.35. The number of nitrogens with one attached hydrogen (secondary N) is 1. The van der Waals surface area contributed by atoms with Crippen LogP contribution in [-0.2, 0) is 0 Å². The topological polar surface area (TPSA) is 118 Å². The number of carbonyl (C=O) groups is 1. The summed E-state index contributed by atoms with van der Waals surface area (Å²) in [5, 5.41) is 9.28. The molecule has 0 radical (unpaired) electrons. The van der Waals surface area contributed by atoms with Gasteiger partial charge in [0, 0.05) is 6.54 Å². The molecule has 102 valence electrons. The third-order valence-corrected chi connectivity index (χ3v) is 4.19. The van der Waals surface area contributed by atoms with Gasteiger partial charge in [0.1, 0.15) is 9.71 Å². The first kappa shape index (κ1) is 13.5. The van der Waals surface area contributed by atoms with Crippen LogP contribution in [0.3, 0.4) is 0 Å². The highest BCUT2D eigenvalue weighted by atomic mass is 32.1. The number of aryl methyl sites for hydroxylation is 1. The molecule has 0 bridgehead atoms. The minimum atomic E-state index is -1.11. The van der Waals surface area contributed by atoms with E-state index in [1.807, 2.05) is 0 Å². The van der Waals surface area contributed by atoms with Crippen molar-refractivity contribution in [1.29, 1.82) is 0 Å². The van der Waals surface area contributed by atoms with Crippen LogP contribution in [0.5, 0.6) is 0 Å². The molecule has 8 heteroatoms. The van der Waals surface area contributed by atoms with E-state index >= 15 is 0 Å². The number of aromatic nitrogens is 2. The van der Waals surface area contributed by atoms with Crippen molar-refractivity contribution < 1.29 is 9.90 Å². The predicted octanol–water partition coefficient (Wildman–Crippen LogP) is 0.278. The highest BCUT2D eigenvalue weighted by molar-refractivity contribution is 7.20. The van der Waals surface area contributed by atoms with Gasteiger partial charge < -0.3 is 10.8 Å². The van der Waals surface area contributed by atoms with Gasteiger partial charge in [-0.25, -0.2) is 9.59 Å². The largest absolute Gasteiger partial charge is 0.477 e. The number of nitrogens with two attached hydrogens (primary N) is 1. The van der Waals surface area contributed by atoms with Gasteiger partial charge in [0.2, 0.25) is 0 Å². The van der Waals surface area contributed by atoms with Crippen molar-refractivity contribution in [3.63, 3.8) is 0 Å². The number of aromatic carboxylic acids is 1.